The highest BCUT2D eigenvalue weighted by Crippen LogP contribution is 2.34. The number of rotatable bonds is 3. The van der Waals surface area contributed by atoms with Crippen LogP contribution in [0.25, 0.3) is 0 Å². The Bertz CT molecular complexity index is 557. The lowest BCUT2D eigenvalue weighted by Crippen LogP contribution is -2.45. The van der Waals surface area contributed by atoms with E-state index in [0.717, 1.165) is 32.3 Å². The maximum Gasteiger partial charge on any atom is 0.335 e. The predicted molar refractivity (Wildman–Crippen MR) is 76.4 cm³/mol. The molecule has 1 saturated heterocycles. The molecule has 0 unspecified atom stereocenters. The molecular weight excluding hydrogens is 270 g/mol. The summed E-state index contributed by atoms with van der Waals surface area (Å²) in [5.41, 5.74) is 0.532. The molecule has 112 valence electrons. The van der Waals surface area contributed by atoms with E-state index in [1.54, 1.807) is 12.1 Å². The summed E-state index contributed by atoms with van der Waals surface area (Å²) in [7, 11) is 0. The second-order valence-electron chi connectivity index (χ2n) is 5.76. The number of aromatic carboxylic acids is 1. The normalized spacial score (nSPS) is 27.9. The van der Waals surface area contributed by atoms with Crippen LogP contribution in [0.4, 0.5) is 0 Å². The minimum Gasteiger partial charge on any atom is -0.478 e. The zero-order valence-electron chi connectivity index (χ0n) is 11.7. The Balaban J connectivity index is 1.71. The van der Waals surface area contributed by atoms with Gasteiger partial charge in [0.2, 0.25) is 0 Å². The van der Waals surface area contributed by atoms with Gasteiger partial charge >= 0.3 is 5.97 Å². The zero-order chi connectivity index (χ0) is 14.8. The fourth-order valence-electron chi connectivity index (χ4n) is 3.40. The van der Waals surface area contributed by atoms with E-state index in [2.05, 4.69) is 5.32 Å². The van der Waals surface area contributed by atoms with E-state index >= 15 is 0 Å². The number of carbonyl (C=O) groups excluding carboxylic acids is 1. The third-order valence-corrected chi connectivity index (χ3v) is 4.47. The molecule has 1 heterocycles. The van der Waals surface area contributed by atoms with Crippen molar-refractivity contribution in [3.05, 3.63) is 35.4 Å². The largest absolute Gasteiger partial charge is 0.478 e. The van der Waals surface area contributed by atoms with Crippen molar-refractivity contribution in [2.45, 2.75) is 37.8 Å². The lowest BCUT2D eigenvalue weighted by atomic mass is 9.81. The summed E-state index contributed by atoms with van der Waals surface area (Å²) in [5, 5.41) is 12.0. The number of benzene rings is 1. The molecule has 0 radical (unpaired) electrons. The van der Waals surface area contributed by atoms with E-state index in [4.69, 9.17) is 9.84 Å². The Morgan fingerprint density at radius 1 is 1.19 bits per heavy atom. The summed E-state index contributed by atoms with van der Waals surface area (Å²) in [6, 6.07) is 6.28. The summed E-state index contributed by atoms with van der Waals surface area (Å²) >= 11 is 0. The number of amides is 1. The molecule has 21 heavy (non-hydrogen) atoms. The standard InChI is InChI=1S/C16H19NO4/c18-15(10-3-1-4-11(9-10)16(19)20)17-13-5-2-6-14-12(13)7-8-21-14/h1,3-4,9,12-14H,2,5-8H2,(H,17,18)(H,19,20)/t12-,13-,14+/m1/s1. The third kappa shape index (κ3) is 2.93. The number of carboxylic acids is 1. The lowest BCUT2D eigenvalue weighted by molar-refractivity contribution is 0.0510. The SMILES string of the molecule is O=C(O)c1cccc(C(=O)N[C@@H]2CCC[C@@H]3OCC[C@@H]32)c1. The zero-order valence-corrected chi connectivity index (χ0v) is 11.7. The summed E-state index contributed by atoms with van der Waals surface area (Å²) in [5.74, 6) is -0.826. The first-order valence-corrected chi connectivity index (χ1v) is 7.41. The molecule has 3 atom stereocenters. The number of ether oxygens (including phenoxy) is 1. The molecular formula is C16H19NO4. The number of fused-ring (bicyclic) bond motifs is 1. The van der Waals surface area contributed by atoms with Gasteiger partial charge in [0, 0.05) is 24.1 Å². The van der Waals surface area contributed by atoms with E-state index in [9.17, 15) is 9.59 Å². The van der Waals surface area contributed by atoms with Crippen LogP contribution in [-0.2, 0) is 4.74 Å². The summed E-state index contributed by atoms with van der Waals surface area (Å²) < 4.78 is 5.70. The molecule has 2 fully saturated rings. The van der Waals surface area contributed by atoms with Crippen LogP contribution in [0.15, 0.2) is 24.3 Å². The molecule has 1 aliphatic carbocycles. The highest BCUT2D eigenvalue weighted by atomic mass is 16.5. The van der Waals surface area contributed by atoms with Crippen molar-refractivity contribution in [1.82, 2.24) is 5.32 Å². The van der Waals surface area contributed by atoms with E-state index in [1.165, 1.54) is 12.1 Å². The Kier molecular flexibility index (Phi) is 3.92. The van der Waals surface area contributed by atoms with E-state index in [-0.39, 0.29) is 23.6 Å². The van der Waals surface area contributed by atoms with E-state index in [1.807, 2.05) is 0 Å². The van der Waals surface area contributed by atoms with Gasteiger partial charge in [0.25, 0.3) is 5.91 Å². The highest BCUT2D eigenvalue weighted by Gasteiger charge is 2.38. The molecule has 1 saturated carbocycles. The Hall–Kier alpha value is -1.88. The van der Waals surface area contributed by atoms with Gasteiger partial charge in [0.15, 0.2) is 0 Å². The van der Waals surface area contributed by atoms with Gasteiger partial charge in [-0.2, -0.15) is 0 Å². The van der Waals surface area contributed by atoms with Crippen LogP contribution in [0.2, 0.25) is 0 Å². The van der Waals surface area contributed by atoms with Crippen LogP contribution in [0, 0.1) is 5.92 Å². The maximum atomic E-state index is 12.3. The molecule has 1 aromatic carbocycles. The second-order valence-corrected chi connectivity index (χ2v) is 5.76. The minimum atomic E-state index is -1.02. The van der Waals surface area contributed by atoms with Gasteiger partial charge in [-0.15, -0.1) is 0 Å². The van der Waals surface area contributed by atoms with Gasteiger partial charge in [-0.1, -0.05) is 6.07 Å². The van der Waals surface area contributed by atoms with Gasteiger partial charge in [0.05, 0.1) is 11.7 Å². The smallest absolute Gasteiger partial charge is 0.335 e. The van der Waals surface area contributed by atoms with Crippen molar-refractivity contribution < 1.29 is 19.4 Å². The van der Waals surface area contributed by atoms with E-state index in [0.29, 0.717) is 11.5 Å². The van der Waals surface area contributed by atoms with Gasteiger partial charge in [-0.3, -0.25) is 4.79 Å². The summed E-state index contributed by atoms with van der Waals surface area (Å²) in [6.07, 6.45) is 4.36. The third-order valence-electron chi connectivity index (χ3n) is 4.47. The molecule has 5 nitrogen and oxygen atoms in total. The highest BCUT2D eigenvalue weighted by molar-refractivity contribution is 5.97. The van der Waals surface area contributed by atoms with Crippen LogP contribution >= 0.6 is 0 Å². The molecule has 2 N–H and O–H groups in total. The van der Waals surface area contributed by atoms with Crippen molar-refractivity contribution in [3.8, 4) is 0 Å². The molecule has 1 aliphatic heterocycles. The van der Waals surface area contributed by atoms with Gasteiger partial charge in [-0.05, 0) is 43.9 Å². The number of hydrogen-bond donors (Lipinski definition) is 2. The summed E-state index contributed by atoms with van der Waals surface area (Å²) in [4.78, 5) is 23.3. The molecule has 1 aromatic rings. The number of carboxylic acid groups (broad SMARTS) is 1. The van der Waals surface area contributed by atoms with Gasteiger partial charge in [-0.25, -0.2) is 4.79 Å². The second kappa shape index (κ2) is 5.85. The van der Waals surface area contributed by atoms with Crippen molar-refractivity contribution in [3.63, 3.8) is 0 Å². The molecule has 0 spiro atoms. The Labute approximate surface area is 123 Å². The lowest BCUT2D eigenvalue weighted by Gasteiger charge is -2.33. The summed E-state index contributed by atoms with van der Waals surface area (Å²) in [6.45, 7) is 0.774. The average molecular weight is 289 g/mol. The van der Waals surface area contributed by atoms with Crippen LogP contribution in [0.1, 0.15) is 46.4 Å². The van der Waals surface area contributed by atoms with Crippen LogP contribution in [-0.4, -0.2) is 35.7 Å². The van der Waals surface area contributed by atoms with Crippen molar-refractivity contribution in [2.24, 2.45) is 5.92 Å². The monoisotopic (exact) mass is 289 g/mol. The van der Waals surface area contributed by atoms with Crippen LogP contribution in [0.3, 0.4) is 0 Å². The first-order valence-electron chi connectivity index (χ1n) is 7.41. The average Bonchev–Trinajstić information content (AvgIpc) is 2.97. The molecule has 3 rings (SSSR count). The first kappa shape index (κ1) is 14.1. The van der Waals surface area contributed by atoms with Crippen molar-refractivity contribution >= 4 is 11.9 Å². The predicted octanol–water partition coefficient (Wildman–Crippen LogP) is 2.07. The number of nitrogens with one attached hydrogen (secondary N) is 1. The maximum absolute atomic E-state index is 12.3. The molecule has 0 bridgehead atoms. The van der Waals surface area contributed by atoms with Crippen LogP contribution < -0.4 is 5.32 Å². The fraction of sp³-hybridized carbons (Fsp3) is 0.500. The number of hydrogen-bond acceptors (Lipinski definition) is 3. The molecule has 2 aliphatic rings. The Morgan fingerprint density at radius 2 is 2.00 bits per heavy atom. The van der Waals surface area contributed by atoms with Crippen molar-refractivity contribution in [2.75, 3.05) is 6.61 Å². The first-order chi connectivity index (χ1) is 10.1. The topological polar surface area (TPSA) is 75.6 Å². The minimum absolute atomic E-state index is 0.132. The van der Waals surface area contributed by atoms with E-state index < -0.39 is 5.97 Å². The Morgan fingerprint density at radius 3 is 2.81 bits per heavy atom. The van der Waals surface area contributed by atoms with Gasteiger partial charge in [0.1, 0.15) is 0 Å². The van der Waals surface area contributed by atoms with Crippen molar-refractivity contribution in [1.29, 1.82) is 0 Å². The molecule has 1 amide bonds. The molecule has 5 heteroatoms. The van der Waals surface area contributed by atoms with Crippen LogP contribution in [0.5, 0.6) is 0 Å². The molecule has 0 aromatic heterocycles. The number of carbonyl (C=O) groups is 2. The quantitative estimate of drug-likeness (QED) is 0.893. The fourth-order valence-corrected chi connectivity index (χ4v) is 3.40. The van der Waals surface area contributed by atoms with Gasteiger partial charge < -0.3 is 15.2 Å².